The third-order valence-electron chi connectivity index (χ3n) is 22.0. The fourth-order valence-corrected chi connectivity index (χ4v) is 14.5. The van der Waals surface area contributed by atoms with Gasteiger partial charge >= 0.3 is 24.2 Å². The number of primary amides is 1. The van der Waals surface area contributed by atoms with Crippen LogP contribution in [0.3, 0.4) is 0 Å². The maximum absolute atomic E-state index is 12.4. The fourth-order valence-electron chi connectivity index (χ4n) is 14.3. The molecule has 2 aromatic heterocycles. The molecule has 8 N–H and O–H groups in total. The number of ether oxygens (including phenoxy) is 2. The van der Waals surface area contributed by atoms with E-state index < -0.39 is 17.1 Å². The van der Waals surface area contributed by atoms with E-state index in [0.29, 0.717) is 85.5 Å². The second kappa shape index (κ2) is 42.4. The number of hydrogen-bond donors (Lipinski definition) is 6. The maximum atomic E-state index is 12.4. The normalized spacial score (nSPS) is 24.1. The highest BCUT2D eigenvalue weighted by Crippen LogP contribution is 2.36. The predicted octanol–water partition coefficient (Wildman–Crippen LogP) is 10.9. The van der Waals surface area contributed by atoms with Crippen molar-refractivity contribution in [1.29, 1.82) is 0 Å². The van der Waals surface area contributed by atoms with Crippen LogP contribution in [0.15, 0.2) is 36.7 Å². The van der Waals surface area contributed by atoms with Gasteiger partial charge in [0.05, 0.1) is 18.4 Å². The van der Waals surface area contributed by atoms with Crippen LogP contribution < -0.4 is 42.5 Å². The van der Waals surface area contributed by atoms with E-state index in [2.05, 4.69) is 110 Å². The van der Waals surface area contributed by atoms with E-state index in [1.807, 2.05) is 41.5 Å². The third kappa shape index (κ3) is 29.4. The first-order valence-corrected chi connectivity index (χ1v) is 40.2. The Labute approximate surface area is 660 Å². The molecule has 28 nitrogen and oxygen atoms in total. The molecule has 7 aliphatic rings. The molecule has 0 unspecified atom stereocenters. The number of carbonyl (C=O) groups excluding carboxylic acids is 7. The predicted molar refractivity (Wildman–Crippen MR) is 434 cm³/mol. The van der Waals surface area contributed by atoms with Gasteiger partial charge in [-0.15, -0.1) is 0 Å². The van der Waals surface area contributed by atoms with E-state index in [0.717, 1.165) is 95.5 Å². The second-order valence-electron chi connectivity index (χ2n) is 33.9. The van der Waals surface area contributed by atoms with Crippen LogP contribution in [0.1, 0.15) is 182 Å². The molecule has 1 aliphatic carbocycles. The van der Waals surface area contributed by atoms with Crippen molar-refractivity contribution in [2.45, 2.75) is 201 Å². The molecule has 10 atom stereocenters. The van der Waals surface area contributed by atoms with Crippen molar-refractivity contribution in [1.82, 2.24) is 70.2 Å². The van der Waals surface area contributed by atoms with E-state index in [1.165, 1.54) is 62.1 Å². The molecule has 1 saturated carbocycles. The summed E-state index contributed by atoms with van der Waals surface area (Å²) in [6.45, 7) is 32.1. The Balaban J connectivity index is 0.000000229. The van der Waals surface area contributed by atoms with Crippen molar-refractivity contribution in [3.8, 4) is 0 Å². The molecule has 6 saturated heterocycles. The second-order valence-corrected chi connectivity index (χ2v) is 34.7. The number of nitrogens with two attached hydrogens (primary N) is 2. The van der Waals surface area contributed by atoms with Gasteiger partial charge in [-0.1, -0.05) is 82.8 Å². The largest absolute Gasteiger partial charge is 0.444 e. The monoisotopic (exact) mass is 1560 g/mol. The molecule has 0 bridgehead atoms. The summed E-state index contributed by atoms with van der Waals surface area (Å²) in [5.41, 5.74) is 13.0. The van der Waals surface area contributed by atoms with Crippen molar-refractivity contribution in [3.63, 3.8) is 0 Å². The number of urea groups is 2. The summed E-state index contributed by atoms with van der Waals surface area (Å²) in [6.07, 6.45) is 16.6. The van der Waals surface area contributed by atoms with E-state index in [1.54, 1.807) is 93.3 Å². The number of hydrogen-bond acceptors (Lipinski definition) is 19. The summed E-state index contributed by atoms with van der Waals surface area (Å²) in [5.74, 6) is 4.95. The Morgan fingerprint density at radius 2 is 1.02 bits per heavy atom. The van der Waals surface area contributed by atoms with Gasteiger partial charge in [0.25, 0.3) is 5.91 Å². The highest BCUT2D eigenvalue weighted by Gasteiger charge is 2.36. The summed E-state index contributed by atoms with van der Waals surface area (Å²) in [5, 5.41) is 13.0. The lowest BCUT2D eigenvalue weighted by atomic mass is 9.84. The fraction of sp³-hybridized carbons (Fsp3) is 0.734. The van der Waals surface area contributed by atoms with Gasteiger partial charge in [0, 0.05) is 152 Å². The average molecular weight is 1560 g/mol. The van der Waals surface area contributed by atoms with Crippen LogP contribution in [-0.2, 0) is 19.1 Å². The maximum Gasteiger partial charge on any atom is 0.410 e. The summed E-state index contributed by atoms with van der Waals surface area (Å²) in [4.78, 5) is 118. The molecule has 0 radical (unpaired) electrons. The number of nitrogens with one attached hydrogen (secondary N) is 4. The van der Waals surface area contributed by atoms with Crippen LogP contribution in [0.2, 0.25) is 10.3 Å². The minimum atomic E-state index is -0.617. The van der Waals surface area contributed by atoms with Crippen LogP contribution in [0.25, 0.3) is 0 Å². The van der Waals surface area contributed by atoms with Gasteiger partial charge in [0.1, 0.15) is 22.8 Å². The highest BCUT2D eigenvalue weighted by atomic mass is 35.5. The number of carbonyl (C=O) groups is 7. The standard InChI is InChI=1S/C31H45N7O2.C14H20Cl2N4O.C14H27N3O3.C11H22N2O2.C9H19N3O/c1-21-12-15-38(20-24(21)18-28(39)36(2)3)27-19-33-29(30(32)40)31(35-27)34-25-10-8-22(9-11-25)23-13-16-37(17-14-23)26-6-4-5-7-26;1-9-4-5-20(8-10(9)6-12(21)19(2)3)11-7-17-13(15)14(16)18-11;1-10-7-8-17(13(19)20-14(2,3)4)9-11(10)15-12(18)16(5)6;1-8-5-6-13(7-9(8)12)10(14)15-11(2,3)4;1-7-4-5-10-6-8(7)11-9(13)12(2)3/h8-11,19,21,23-24,26H,4-7,12-18,20H2,1-3H3,(H2,32,40)(H,34,35);7,9-10H,4-6,8H2,1-3H3;10-11H,7-9H2,1-6H3,(H,15,18);8-9H,5-7,12H2,1-4H3;7-8,10H,4-6H2,1-3H3,(H,11,13)/t21-,24+;9-,10+;10-,11+;8-,9+;7-,8+/m11111/s1. The van der Waals surface area contributed by atoms with Crippen molar-refractivity contribution in [2.24, 2.45) is 52.9 Å². The lowest BCUT2D eigenvalue weighted by molar-refractivity contribution is -0.130. The summed E-state index contributed by atoms with van der Waals surface area (Å²) < 4.78 is 10.7. The van der Waals surface area contributed by atoms with Crippen molar-refractivity contribution < 1.29 is 43.0 Å². The van der Waals surface area contributed by atoms with Crippen LogP contribution in [0.4, 0.5) is 42.3 Å². The van der Waals surface area contributed by atoms with Crippen molar-refractivity contribution >= 4 is 88.3 Å². The molecule has 109 heavy (non-hydrogen) atoms. The Morgan fingerprint density at radius 1 is 0.550 bits per heavy atom. The topological polar surface area (TPSA) is 319 Å². The zero-order chi connectivity index (χ0) is 80.8. The SMILES string of the molecule is C[C@@H]1CCN(C(=O)OC(C)(C)C)C[C@@H]1N.C[C@@H]1CCN(C(=O)OC(C)(C)C)C[C@@H]1NC(=O)N(C)C.C[C@@H]1CCN(c2cnc(C(N)=O)c(Nc3ccc(C4CCN(C5CCCC5)CC4)cc3)n2)C[C@@H]1CC(=O)N(C)C.C[C@@H]1CCN(c2cnc(Cl)c(Cl)n2)C[C@@H]1CC(=O)N(C)C.C[C@@H]1CCNC[C@@H]1NC(=O)N(C)C. The van der Waals surface area contributed by atoms with E-state index >= 15 is 0 Å². The quantitative estimate of drug-likeness (QED) is 0.0926. The van der Waals surface area contributed by atoms with E-state index in [4.69, 9.17) is 49.1 Å². The Bertz CT molecular complexity index is 3400. The Hall–Kier alpha value is -7.27. The van der Waals surface area contributed by atoms with Gasteiger partial charge in [-0.2, -0.15) is 0 Å². The number of aromatic nitrogens is 4. The number of likely N-dealkylation sites (tertiary alicyclic amines) is 3. The highest BCUT2D eigenvalue weighted by molar-refractivity contribution is 6.40. The van der Waals surface area contributed by atoms with Crippen LogP contribution >= 0.6 is 23.2 Å². The minimum absolute atomic E-state index is 0.000509. The molecule has 0 spiro atoms. The molecule has 7 fully saturated rings. The van der Waals surface area contributed by atoms with Crippen LogP contribution in [0, 0.1) is 41.4 Å². The molecule has 30 heteroatoms. The van der Waals surface area contributed by atoms with Crippen LogP contribution in [0.5, 0.6) is 0 Å². The van der Waals surface area contributed by atoms with Gasteiger partial charge in [0.2, 0.25) is 11.8 Å². The lowest BCUT2D eigenvalue weighted by Gasteiger charge is -2.38. The molecule has 1 aromatic carbocycles. The first kappa shape index (κ1) is 90.6. The number of anilines is 4. The molecule has 612 valence electrons. The third-order valence-corrected chi connectivity index (χ3v) is 22.6. The zero-order valence-corrected chi connectivity index (χ0v) is 70.5. The Morgan fingerprint density at radius 3 is 1.49 bits per heavy atom. The van der Waals surface area contributed by atoms with Crippen molar-refractivity contribution in [2.75, 3.05) is 150 Å². The molecular weight excluding hydrogens is 1430 g/mol. The molecule has 10 rings (SSSR count). The van der Waals surface area contributed by atoms with Gasteiger partial charge in [0.15, 0.2) is 21.8 Å². The minimum Gasteiger partial charge on any atom is -0.444 e. The number of rotatable bonds is 13. The molecule has 8 heterocycles. The smallest absolute Gasteiger partial charge is 0.410 e. The molecule has 9 amide bonds. The molecule has 6 aliphatic heterocycles. The zero-order valence-electron chi connectivity index (χ0n) is 69.0. The van der Waals surface area contributed by atoms with E-state index in [-0.39, 0.29) is 76.1 Å². The number of amides is 9. The summed E-state index contributed by atoms with van der Waals surface area (Å²) in [6, 6.07) is 9.50. The molecular formula is C79H133Cl2N19O9. The average Bonchev–Trinajstić information content (AvgIpc) is 1.46. The van der Waals surface area contributed by atoms with Crippen molar-refractivity contribution in [3.05, 3.63) is 58.2 Å². The first-order valence-electron chi connectivity index (χ1n) is 39.4. The van der Waals surface area contributed by atoms with Crippen LogP contribution in [-0.4, -0.2) is 266 Å². The van der Waals surface area contributed by atoms with Gasteiger partial charge in [-0.3, -0.25) is 14.4 Å². The van der Waals surface area contributed by atoms with Gasteiger partial charge < -0.3 is 86.3 Å². The number of benzene rings is 1. The number of nitrogens with zero attached hydrogens (tertiary/aromatic N) is 13. The molecule has 3 aromatic rings. The number of piperidine rings is 6. The number of halogens is 2. The first-order chi connectivity index (χ1) is 51.2. The lowest BCUT2D eigenvalue weighted by Crippen LogP contribution is -2.55. The van der Waals surface area contributed by atoms with Gasteiger partial charge in [-0.05, 0) is 184 Å². The van der Waals surface area contributed by atoms with Gasteiger partial charge in [-0.25, -0.2) is 39.1 Å². The summed E-state index contributed by atoms with van der Waals surface area (Å²) >= 11 is 11.7. The summed E-state index contributed by atoms with van der Waals surface area (Å²) in [7, 11) is 14.1. The Kier molecular flexibility index (Phi) is 35.2. The van der Waals surface area contributed by atoms with E-state index in [9.17, 15) is 33.6 Å².